The average molecular weight is 568 g/mol. The molecule has 36 heavy (non-hydrogen) atoms. The monoisotopic (exact) mass is 567 g/mol. The van der Waals surface area contributed by atoms with Crippen molar-refractivity contribution >= 4 is 44.5 Å². The van der Waals surface area contributed by atoms with E-state index in [1.54, 1.807) is 26.5 Å². The van der Waals surface area contributed by atoms with Crippen molar-refractivity contribution < 1.29 is 13.9 Å². The molecule has 0 N–H and O–H groups in total. The highest BCUT2D eigenvalue weighted by Crippen LogP contribution is 2.32. The van der Waals surface area contributed by atoms with Crippen molar-refractivity contribution in [1.29, 1.82) is 0 Å². The Kier molecular flexibility index (Phi) is 7.38. The molecule has 2 heterocycles. The maximum absolute atomic E-state index is 13.0. The van der Waals surface area contributed by atoms with Gasteiger partial charge in [0.15, 0.2) is 11.5 Å². The molecule has 2 aromatic heterocycles. The van der Waals surface area contributed by atoms with Crippen molar-refractivity contribution in [3.8, 4) is 22.8 Å². The topological polar surface area (TPSA) is 78.3 Å². The molecule has 0 bridgehead atoms. The van der Waals surface area contributed by atoms with Gasteiger partial charge in [-0.2, -0.15) is 5.10 Å². The van der Waals surface area contributed by atoms with E-state index in [2.05, 4.69) is 30.7 Å². The van der Waals surface area contributed by atoms with E-state index in [-0.39, 0.29) is 11.7 Å². The van der Waals surface area contributed by atoms with Crippen LogP contribution >= 0.6 is 27.3 Å². The number of hydrogen-bond donors (Lipinski definition) is 0. The lowest BCUT2D eigenvalue weighted by Gasteiger charge is -2.25. The van der Waals surface area contributed by atoms with Crippen LogP contribution in [-0.4, -0.2) is 25.0 Å². The van der Waals surface area contributed by atoms with E-state index < -0.39 is 0 Å². The molecule has 0 spiro atoms. The second-order valence-electron chi connectivity index (χ2n) is 8.65. The van der Waals surface area contributed by atoms with Crippen LogP contribution in [0.2, 0.25) is 0 Å². The summed E-state index contributed by atoms with van der Waals surface area (Å²) < 4.78 is 19.5. The van der Waals surface area contributed by atoms with Gasteiger partial charge in [0, 0.05) is 21.3 Å². The highest BCUT2D eigenvalue weighted by Gasteiger charge is 2.22. The standard InChI is InChI=1S/C27H26BrN3O4S/c1-33-24-10-8-17(12-25(24)34-2)15-29-30-27-31(20-6-4-3-5-7-20)22(16-36-27)21-14-18-13-19(28)9-11-23(18)35-26(21)32/h8-16,20H,3-7H2,1-2H3/b29-15+,30-27+. The molecule has 1 saturated carbocycles. The van der Waals surface area contributed by atoms with Crippen LogP contribution < -0.4 is 19.9 Å². The number of halogens is 1. The summed E-state index contributed by atoms with van der Waals surface area (Å²) in [5, 5.41) is 11.8. The molecule has 1 aliphatic rings. The van der Waals surface area contributed by atoms with Gasteiger partial charge in [0.25, 0.3) is 0 Å². The number of fused-ring (bicyclic) bond motifs is 1. The van der Waals surface area contributed by atoms with Crippen LogP contribution in [0.1, 0.15) is 43.7 Å². The molecule has 7 nitrogen and oxygen atoms in total. The molecule has 1 fully saturated rings. The van der Waals surface area contributed by atoms with Gasteiger partial charge in [-0.15, -0.1) is 16.4 Å². The second-order valence-corrected chi connectivity index (χ2v) is 10.4. The molecule has 5 rings (SSSR count). The normalized spacial score (nSPS) is 15.1. The number of ether oxygens (including phenoxy) is 2. The van der Waals surface area contributed by atoms with E-state index in [4.69, 9.17) is 13.9 Å². The number of hydrogen-bond acceptors (Lipinski definition) is 7. The smallest absolute Gasteiger partial charge is 0.345 e. The van der Waals surface area contributed by atoms with Gasteiger partial charge < -0.3 is 18.5 Å². The lowest BCUT2D eigenvalue weighted by molar-refractivity contribution is 0.350. The van der Waals surface area contributed by atoms with Crippen LogP contribution in [0, 0.1) is 0 Å². The molecule has 0 atom stereocenters. The largest absolute Gasteiger partial charge is 0.493 e. The van der Waals surface area contributed by atoms with E-state index >= 15 is 0 Å². The minimum absolute atomic E-state index is 0.257. The van der Waals surface area contributed by atoms with Gasteiger partial charge in [0.2, 0.25) is 4.80 Å². The molecule has 9 heteroatoms. The van der Waals surface area contributed by atoms with Gasteiger partial charge in [-0.25, -0.2) is 4.79 Å². The molecule has 0 aliphatic heterocycles. The summed E-state index contributed by atoms with van der Waals surface area (Å²) in [7, 11) is 3.21. The first-order valence-corrected chi connectivity index (χ1v) is 13.5. The minimum Gasteiger partial charge on any atom is -0.493 e. The zero-order valence-electron chi connectivity index (χ0n) is 20.1. The fourth-order valence-corrected chi connectivity index (χ4v) is 5.92. The molecule has 0 unspecified atom stereocenters. The maximum atomic E-state index is 13.0. The third kappa shape index (κ3) is 5.03. The van der Waals surface area contributed by atoms with Crippen molar-refractivity contribution in [1.82, 2.24) is 4.57 Å². The first kappa shape index (κ1) is 24.5. The first-order valence-electron chi connectivity index (χ1n) is 11.8. The van der Waals surface area contributed by atoms with Gasteiger partial charge in [0.1, 0.15) is 5.58 Å². The van der Waals surface area contributed by atoms with Crippen molar-refractivity contribution in [3.05, 3.63) is 73.1 Å². The minimum atomic E-state index is -0.354. The third-order valence-corrected chi connectivity index (χ3v) is 7.73. The molecule has 0 radical (unpaired) electrons. The lowest BCUT2D eigenvalue weighted by atomic mass is 9.95. The highest BCUT2D eigenvalue weighted by molar-refractivity contribution is 9.10. The van der Waals surface area contributed by atoms with Crippen molar-refractivity contribution in [3.63, 3.8) is 0 Å². The predicted octanol–water partition coefficient (Wildman–Crippen LogP) is 6.54. The van der Waals surface area contributed by atoms with Crippen LogP contribution in [-0.2, 0) is 0 Å². The number of thiazole rings is 1. The number of rotatable bonds is 6. The van der Waals surface area contributed by atoms with Crippen molar-refractivity contribution in [2.75, 3.05) is 14.2 Å². The fraction of sp³-hybridized carbons (Fsp3) is 0.296. The molecule has 0 amide bonds. The van der Waals surface area contributed by atoms with E-state index in [1.165, 1.54) is 17.8 Å². The predicted molar refractivity (Wildman–Crippen MR) is 146 cm³/mol. The van der Waals surface area contributed by atoms with Crippen LogP contribution in [0.15, 0.2) is 71.7 Å². The Morgan fingerprint density at radius 1 is 1.06 bits per heavy atom. The Balaban J connectivity index is 1.58. The first-order chi connectivity index (χ1) is 17.6. The zero-order chi connectivity index (χ0) is 25.1. The summed E-state index contributed by atoms with van der Waals surface area (Å²) in [6, 6.07) is 13.4. The quantitative estimate of drug-likeness (QED) is 0.150. The second kappa shape index (κ2) is 10.8. The van der Waals surface area contributed by atoms with Gasteiger partial charge >= 0.3 is 5.63 Å². The molecular weight excluding hydrogens is 542 g/mol. The van der Waals surface area contributed by atoms with Gasteiger partial charge in [0.05, 0.1) is 31.7 Å². The number of benzene rings is 2. The van der Waals surface area contributed by atoms with Crippen LogP contribution in [0.25, 0.3) is 22.2 Å². The lowest BCUT2D eigenvalue weighted by Crippen LogP contribution is -2.24. The average Bonchev–Trinajstić information content (AvgIpc) is 3.32. The Morgan fingerprint density at radius 3 is 2.64 bits per heavy atom. The molecule has 0 saturated heterocycles. The molecule has 1 aliphatic carbocycles. The van der Waals surface area contributed by atoms with Crippen molar-refractivity contribution in [2.45, 2.75) is 38.1 Å². The Labute approximate surface area is 220 Å². The Morgan fingerprint density at radius 2 is 1.86 bits per heavy atom. The summed E-state index contributed by atoms with van der Waals surface area (Å²) in [6.07, 6.45) is 7.31. The van der Waals surface area contributed by atoms with Crippen LogP contribution in [0.5, 0.6) is 11.5 Å². The maximum Gasteiger partial charge on any atom is 0.345 e. The van der Waals surface area contributed by atoms with E-state index in [9.17, 15) is 4.79 Å². The summed E-state index contributed by atoms with van der Waals surface area (Å²) in [5.74, 6) is 1.29. The fourth-order valence-electron chi connectivity index (χ4n) is 4.63. The molecular formula is C27H26BrN3O4S. The van der Waals surface area contributed by atoms with E-state index in [0.29, 0.717) is 22.6 Å². The van der Waals surface area contributed by atoms with Gasteiger partial charge in [-0.05, 0) is 60.9 Å². The Hall–Kier alpha value is -3.17. The van der Waals surface area contributed by atoms with Gasteiger partial charge in [-0.1, -0.05) is 35.2 Å². The Bertz CT molecular complexity index is 1550. The third-order valence-electron chi connectivity index (χ3n) is 6.41. The molecule has 2 aromatic carbocycles. The SMILES string of the molecule is COc1ccc(/C=N/N=c2/scc(-c3cc4cc(Br)ccc4oc3=O)n2C2CCCCC2)cc1OC. The number of aromatic nitrogens is 1. The zero-order valence-corrected chi connectivity index (χ0v) is 22.5. The van der Waals surface area contributed by atoms with Crippen molar-refractivity contribution in [2.24, 2.45) is 10.2 Å². The summed E-state index contributed by atoms with van der Waals surface area (Å²) in [4.78, 5) is 13.8. The van der Waals surface area contributed by atoms with E-state index in [1.807, 2.05) is 41.8 Å². The number of nitrogens with zero attached hydrogens (tertiary/aromatic N) is 3. The summed E-state index contributed by atoms with van der Waals surface area (Å²) in [6.45, 7) is 0. The molecule has 4 aromatic rings. The van der Waals surface area contributed by atoms with E-state index in [0.717, 1.165) is 51.6 Å². The highest BCUT2D eigenvalue weighted by atomic mass is 79.9. The van der Waals surface area contributed by atoms with Crippen LogP contribution in [0.3, 0.4) is 0 Å². The summed E-state index contributed by atoms with van der Waals surface area (Å²) in [5.41, 5.74) is 2.41. The van der Waals surface area contributed by atoms with Gasteiger partial charge in [-0.3, -0.25) is 0 Å². The van der Waals surface area contributed by atoms with Crippen LogP contribution in [0.4, 0.5) is 0 Å². The molecule has 186 valence electrons. The summed E-state index contributed by atoms with van der Waals surface area (Å²) >= 11 is 4.99. The number of methoxy groups -OCH3 is 2.